The van der Waals surface area contributed by atoms with E-state index in [1.165, 1.54) is 101 Å². The second-order valence-corrected chi connectivity index (χ2v) is 13.1. The molecule has 4 rings (SSSR count). The first kappa shape index (κ1) is 28.7. The van der Waals surface area contributed by atoms with Crippen LogP contribution in [0.4, 0.5) is 0 Å². The van der Waals surface area contributed by atoms with E-state index < -0.39 is 0 Å². The molecule has 0 saturated heterocycles. The average molecular weight is 509 g/mol. The molecule has 37 heavy (non-hydrogen) atoms. The van der Waals surface area contributed by atoms with Crippen molar-refractivity contribution in [2.24, 2.45) is 23.7 Å². The van der Waals surface area contributed by atoms with E-state index in [4.69, 9.17) is 4.74 Å². The van der Waals surface area contributed by atoms with Gasteiger partial charge >= 0.3 is 5.97 Å². The van der Waals surface area contributed by atoms with Gasteiger partial charge in [-0.1, -0.05) is 109 Å². The highest BCUT2D eigenvalue weighted by Crippen LogP contribution is 2.39. The molecule has 3 aliphatic carbocycles. The molecule has 1 aromatic rings. The quantitative estimate of drug-likeness (QED) is 0.207. The van der Waals surface area contributed by atoms with Gasteiger partial charge in [0.15, 0.2) is 0 Å². The lowest BCUT2D eigenvalue weighted by Crippen LogP contribution is -2.30. The Bertz CT molecular complexity index is 759. The highest BCUT2D eigenvalue weighted by atomic mass is 16.5. The van der Waals surface area contributed by atoms with E-state index in [-0.39, 0.29) is 18.0 Å². The predicted molar refractivity (Wildman–Crippen MR) is 156 cm³/mol. The van der Waals surface area contributed by atoms with Crippen molar-refractivity contribution in [2.75, 3.05) is 0 Å². The van der Waals surface area contributed by atoms with Crippen molar-refractivity contribution in [2.45, 2.75) is 154 Å². The molecule has 0 bridgehead atoms. The number of hydrogen-bond acceptors (Lipinski definition) is 2. The van der Waals surface area contributed by atoms with Gasteiger partial charge in [0.05, 0.1) is 5.92 Å². The zero-order valence-corrected chi connectivity index (χ0v) is 24.2. The maximum Gasteiger partial charge on any atom is 0.309 e. The molecule has 0 N–H and O–H groups in total. The van der Waals surface area contributed by atoms with E-state index in [1.54, 1.807) is 0 Å². The van der Waals surface area contributed by atoms with Crippen LogP contribution in [0.5, 0.6) is 0 Å². The van der Waals surface area contributed by atoms with Crippen LogP contribution in [-0.4, -0.2) is 12.1 Å². The van der Waals surface area contributed by atoms with E-state index >= 15 is 0 Å². The molecule has 208 valence electrons. The highest BCUT2D eigenvalue weighted by molar-refractivity contribution is 5.72. The summed E-state index contributed by atoms with van der Waals surface area (Å²) in [4.78, 5) is 12.9. The van der Waals surface area contributed by atoms with Gasteiger partial charge in [-0.2, -0.15) is 0 Å². The second-order valence-electron chi connectivity index (χ2n) is 13.1. The molecule has 3 aliphatic rings. The maximum atomic E-state index is 12.9. The Morgan fingerprint density at radius 2 is 1.24 bits per heavy atom. The van der Waals surface area contributed by atoms with Crippen molar-refractivity contribution in [1.29, 1.82) is 0 Å². The Labute approximate surface area is 228 Å². The second kappa shape index (κ2) is 15.3. The topological polar surface area (TPSA) is 26.3 Å². The van der Waals surface area contributed by atoms with Gasteiger partial charge in [-0.3, -0.25) is 4.79 Å². The molecule has 0 spiro atoms. The van der Waals surface area contributed by atoms with Gasteiger partial charge in [0.2, 0.25) is 0 Å². The number of rotatable bonds is 12. The number of hydrogen-bond donors (Lipinski definition) is 0. The molecule has 0 unspecified atom stereocenters. The SMILES string of the molecule is CCCCCC1CCC(CCC2CCC(C(=O)OC3CCC(c4ccc(CCC)cc4)CC3)CC2)CC1. The summed E-state index contributed by atoms with van der Waals surface area (Å²) in [6.07, 6.45) is 26.0. The average Bonchev–Trinajstić information content (AvgIpc) is 2.94. The number of carbonyl (C=O) groups excluding carboxylic acids is 1. The van der Waals surface area contributed by atoms with Crippen LogP contribution in [0.3, 0.4) is 0 Å². The number of benzene rings is 1. The van der Waals surface area contributed by atoms with E-state index in [9.17, 15) is 4.79 Å². The highest BCUT2D eigenvalue weighted by Gasteiger charge is 2.31. The van der Waals surface area contributed by atoms with Gasteiger partial charge in [0.1, 0.15) is 6.10 Å². The summed E-state index contributed by atoms with van der Waals surface area (Å²) in [7, 11) is 0. The molecule has 0 radical (unpaired) electrons. The molecule has 0 aromatic heterocycles. The summed E-state index contributed by atoms with van der Waals surface area (Å²) >= 11 is 0. The summed E-state index contributed by atoms with van der Waals surface area (Å²) in [5, 5.41) is 0. The van der Waals surface area contributed by atoms with Crippen LogP contribution in [0.15, 0.2) is 24.3 Å². The predicted octanol–water partition coefficient (Wildman–Crippen LogP) is 10.2. The smallest absolute Gasteiger partial charge is 0.309 e. The van der Waals surface area contributed by atoms with Gasteiger partial charge in [-0.15, -0.1) is 0 Å². The van der Waals surface area contributed by atoms with Crippen LogP contribution < -0.4 is 0 Å². The summed E-state index contributed by atoms with van der Waals surface area (Å²) in [6.45, 7) is 4.55. The van der Waals surface area contributed by atoms with E-state index in [2.05, 4.69) is 38.1 Å². The van der Waals surface area contributed by atoms with Crippen LogP contribution in [-0.2, 0) is 16.0 Å². The third-order valence-corrected chi connectivity index (χ3v) is 10.3. The fourth-order valence-electron chi connectivity index (χ4n) is 7.67. The zero-order valence-electron chi connectivity index (χ0n) is 24.2. The van der Waals surface area contributed by atoms with Crippen molar-refractivity contribution in [3.8, 4) is 0 Å². The monoisotopic (exact) mass is 508 g/mol. The van der Waals surface area contributed by atoms with Gasteiger partial charge in [-0.25, -0.2) is 0 Å². The summed E-state index contributed by atoms with van der Waals surface area (Å²) in [6, 6.07) is 9.28. The van der Waals surface area contributed by atoms with Gasteiger partial charge in [0, 0.05) is 0 Å². The Morgan fingerprint density at radius 1 is 0.676 bits per heavy atom. The maximum absolute atomic E-state index is 12.9. The zero-order chi connectivity index (χ0) is 25.9. The van der Waals surface area contributed by atoms with Crippen molar-refractivity contribution in [3.63, 3.8) is 0 Å². The molecule has 2 heteroatoms. The third-order valence-electron chi connectivity index (χ3n) is 10.3. The van der Waals surface area contributed by atoms with Gasteiger partial charge in [0.25, 0.3) is 0 Å². The Balaban J connectivity index is 1.08. The molecule has 2 nitrogen and oxygen atoms in total. The molecular formula is C35H56O2. The molecule has 0 atom stereocenters. The van der Waals surface area contributed by atoms with E-state index in [0.29, 0.717) is 5.92 Å². The molecule has 3 fully saturated rings. The molecule has 0 heterocycles. The number of carbonyl (C=O) groups is 1. The normalized spacial score (nSPS) is 30.6. The van der Waals surface area contributed by atoms with Gasteiger partial charge < -0.3 is 4.74 Å². The van der Waals surface area contributed by atoms with Crippen LogP contribution in [0, 0.1) is 23.7 Å². The molecular weight excluding hydrogens is 452 g/mol. The fourth-order valence-corrected chi connectivity index (χ4v) is 7.67. The Morgan fingerprint density at radius 3 is 1.81 bits per heavy atom. The largest absolute Gasteiger partial charge is 0.462 e. The number of unbranched alkanes of at least 4 members (excludes halogenated alkanes) is 2. The van der Waals surface area contributed by atoms with Crippen molar-refractivity contribution in [3.05, 3.63) is 35.4 Å². The Hall–Kier alpha value is -1.31. The van der Waals surface area contributed by atoms with E-state index in [0.717, 1.165) is 56.3 Å². The standard InChI is InChI=1S/C35H56O2/c1-3-5-6-8-28-9-11-29(12-10-28)13-14-30-17-21-33(22-18-30)35(36)37-34-25-23-32(24-26-34)31-19-15-27(7-4-2)16-20-31/h15-16,19-20,28-30,32-34H,3-14,17-18,21-26H2,1-2H3. The third kappa shape index (κ3) is 9.14. The number of ether oxygens (including phenoxy) is 1. The first-order chi connectivity index (χ1) is 18.1. The minimum absolute atomic E-state index is 0.118. The van der Waals surface area contributed by atoms with Crippen LogP contribution in [0.1, 0.15) is 153 Å². The van der Waals surface area contributed by atoms with Crippen LogP contribution in [0.2, 0.25) is 0 Å². The lowest BCUT2D eigenvalue weighted by Gasteiger charge is -2.33. The van der Waals surface area contributed by atoms with E-state index in [1.807, 2.05) is 0 Å². The molecule has 3 saturated carbocycles. The van der Waals surface area contributed by atoms with Gasteiger partial charge in [-0.05, 0) is 92.6 Å². The summed E-state index contributed by atoms with van der Waals surface area (Å²) in [5.41, 5.74) is 2.92. The van der Waals surface area contributed by atoms with Crippen molar-refractivity contribution < 1.29 is 9.53 Å². The fraction of sp³-hybridized carbons (Fsp3) is 0.800. The lowest BCUT2D eigenvalue weighted by atomic mass is 9.75. The number of aryl methyl sites for hydroxylation is 1. The van der Waals surface area contributed by atoms with Crippen LogP contribution in [0.25, 0.3) is 0 Å². The molecule has 0 aliphatic heterocycles. The molecule has 0 amide bonds. The first-order valence-corrected chi connectivity index (χ1v) is 16.4. The summed E-state index contributed by atoms with van der Waals surface area (Å²) < 4.78 is 6.06. The minimum Gasteiger partial charge on any atom is -0.462 e. The first-order valence-electron chi connectivity index (χ1n) is 16.4. The summed E-state index contributed by atoms with van der Waals surface area (Å²) in [5.74, 6) is 3.78. The minimum atomic E-state index is 0.118. The van der Waals surface area contributed by atoms with Crippen LogP contribution >= 0.6 is 0 Å². The van der Waals surface area contributed by atoms with Crippen molar-refractivity contribution >= 4 is 5.97 Å². The number of esters is 1. The van der Waals surface area contributed by atoms with Crippen molar-refractivity contribution in [1.82, 2.24) is 0 Å². The Kier molecular flexibility index (Phi) is 11.9. The lowest BCUT2D eigenvalue weighted by molar-refractivity contribution is -0.157. The molecule has 1 aromatic carbocycles.